The zero-order valence-corrected chi connectivity index (χ0v) is 10.7. The minimum atomic E-state index is 0.126. The van der Waals surface area contributed by atoms with Gasteiger partial charge >= 0.3 is 0 Å². The number of hydrogen-bond acceptors (Lipinski definition) is 3. The first-order chi connectivity index (χ1) is 9.40. The van der Waals surface area contributed by atoms with Crippen molar-refractivity contribution in [2.24, 2.45) is 0 Å². The van der Waals surface area contributed by atoms with Crippen molar-refractivity contribution in [3.05, 3.63) is 72.2 Å². The van der Waals surface area contributed by atoms with E-state index in [4.69, 9.17) is 0 Å². The Kier molecular flexibility index (Phi) is 3.21. The maximum absolute atomic E-state index is 4.52. The zero-order valence-electron chi connectivity index (χ0n) is 10.7. The van der Waals surface area contributed by atoms with Crippen molar-refractivity contribution in [2.75, 3.05) is 7.05 Å². The number of aromatic nitrogens is 2. The number of para-hydroxylation sites is 1. The van der Waals surface area contributed by atoms with E-state index in [0.717, 1.165) is 10.9 Å². The number of nitrogens with one attached hydrogen (secondary N) is 1. The van der Waals surface area contributed by atoms with Gasteiger partial charge in [-0.15, -0.1) is 0 Å². The summed E-state index contributed by atoms with van der Waals surface area (Å²) in [5, 5.41) is 4.52. The fourth-order valence-corrected chi connectivity index (χ4v) is 2.42. The second kappa shape index (κ2) is 5.16. The summed E-state index contributed by atoms with van der Waals surface area (Å²) in [6.45, 7) is 0. The lowest BCUT2D eigenvalue weighted by Crippen LogP contribution is -2.18. The van der Waals surface area contributed by atoms with E-state index in [1.165, 1.54) is 11.1 Å². The van der Waals surface area contributed by atoms with Crippen molar-refractivity contribution >= 4 is 10.9 Å². The molecule has 2 heterocycles. The lowest BCUT2D eigenvalue weighted by Gasteiger charge is -2.18. The third kappa shape index (κ3) is 2.20. The van der Waals surface area contributed by atoms with Crippen LogP contribution in [0.25, 0.3) is 10.9 Å². The van der Waals surface area contributed by atoms with Crippen LogP contribution in [0, 0.1) is 0 Å². The topological polar surface area (TPSA) is 37.8 Å². The van der Waals surface area contributed by atoms with Gasteiger partial charge in [-0.1, -0.05) is 24.3 Å². The van der Waals surface area contributed by atoms with Gasteiger partial charge in [0.15, 0.2) is 0 Å². The number of benzene rings is 1. The smallest absolute Gasteiger partial charge is 0.0753 e. The van der Waals surface area contributed by atoms with Crippen LogP contribution in [0.4, 0.5) is 0 Å². The molecule has 1 N–H and O–H groups in total. The van der Waals surface area contributed by atoms with E-state index in [1.54, 1.807) is 0 Å². The second-order valence-corrected chi connectivity index (χ2v) is 4.42. The highest BCUT2D eigenvalue weighted by Gasteiger charge is 2.14. The highest BCUT2D eigenvalue weighted by Crippen LogP contribution is 2.26. The molecular formula is C16H15N3. The summed E-state index contributed by atoms with van der Waals surface area (Å²) < 4.78 is 0. The lowest BCUT2D eigenvalue weighted by atomic mass is 9.97. The maximum atomic E-state index is 4.52. The van der Waals surface area contributed by atoms with E-state index < -0.39 is 0 Å². The average molecular weight is 249 g/mol. The van der Waals surface area contributed by atoms with Crippen LogP contribution in [0.5, 0.6) is 0 Å². The summed E-state index contributed by atoms with van der Waals surface area (Å²) in [4.78, 5) is 8.59. The Morgan fingerprint density at radius 3 is 2.53 bits per heavy atom. The largest absolute Gasteiger partial charge is 0.309 e. The molecule has 0 radical (unpaired) electrons. The van der Waals surface area contributed by atoms with E-state index in [-0.39, 0.29) is 6.04 Å². The molecule has 0 amide bonds. The molecule has 0 aliphatic rings. The molecule has 0 saturated carbocycles. The van der Waals surface area contributed by atoms with Gasteiger partial charge in [-0.25, -0.2) is 0 Å². The Morgan fingerprint density at radius 2 is 1.74 bits per heavy atom. The molecule has 19 heavy (non-hydrogen) atoms. The van der Waals surface area contributed by atoms with Crippen LogP contribution < -0.4 is 5.32 Å². The fourth-order valence-electron chi connectivity index (χ4n) is 2.42. The summed E-state index contributed by atoms with van der Waals surface area (Å²) in [5.74, 6) is 0. The van der Waals surface area contributed by atoms with Crippen LogP contribution in [0.15, 0.2) is 61.1 Å². The van der Waals surface area contributed by atoms with Gasteiger partial charge < -0.3 is 5.32 Å². The van der Waals surface area contributed by atoms with Crippen molar-refractivity contribution in [1.29, 1.82) is 0 Å². The first-order valence-corrected chi connectivity index (χ1v) is 6.31. The van der Waals surface area contributed by atoms with Gasteiger partial charge in [0, 0.05) is 24.0 Å². The predicted octanol–water partition coefficient (Wildman–Crippen LogP) is 2.94. The number of hydrogen-bond donors (Lipinski definition) is 1. The van der Waals surface area contributed by atoms with Gasteiger partial charge in [0.25, 0.3) is 0 Å². The lowest BCUT2D eigenvalue weighted by molar-refractivity contribution is 0.694. The van der Waals surface area contributed by atoms with E-state index in [1.807, 2.05) is 43.8 Å². The zero-order chi connectivity index (χ0) is 13.1. The molecule has 0 aliphatic carbocycles. The van der Waals surface area contributed by atoms with Crippen molar-refractivity contribution in [1.82, 2.24) is 15.3 Å². The van der Waals surface area contributed by atoms with Crippen LogP contribution >= 0.6 is 0 Å². The highest BCUT2D eigenvalue weighted by molar-refractivity contribution is 5.82. The minimum absolute atomic E-state index is 0.126. The first kappa shape index (κ1) is 11.8. The van der Waals surface area contributed by atoms with Gasteiger partial charge in [-0.05, 0) is 36.4 Å². The SMILES string of the molecule is CNC(c1ccncc1)c1cccc2cccnc12. The number of rotatable bonds is 3. The highest BCUT2D eigenvalue weighted by atomic mass is 14.9. The van der Waals surface area contributed by atoms with E-state index in [0.29, 0.717) is 0 Å². The third-order valence-corrected chi connectivity index (χ3v) is 3.30. The normalized spacial score (nSPS) is 12.5. The monoisotopic (exact) mass is 249 g/mol. The van der Waals surface area contributed by atoms with Crippen molar-refractivity contribution in [2.45, 2.75) is 6.04 Å². The van der Waals surface area contributed by atoms with Gasteiger partial charge in [0.05, 0.1) is 11.6 Å². The molecule has 1 aromatic carbocycles. The second-order valence-electron chi connectivity index (χ2n) is 4.42. The molecular weight excluding hydrogens is 234 g/mol. The molecule has 2 aromatic heterocycles. The third-order valence-electron chi connectivity index (χ3n) is 3.30. The summed E-state index contributed by atoms with van der Waals surface area (Å²) in [6, 6.07) is 14.5. The fraction of sp³-hybridized carbons (Fsp3) is 0.125. The Morgan fingerprint density at radius 1 is 0.947 bits per heavy atom. The Hall–Kier alpha value is -2.26. The van der Waals surface area contributed by atoms with Crippen LogP contribution in [0.3, 0.4) is 0 Å². The average Bonchev–Trinajstić information content (AvgIpc) is 2.49. The van der Waals surface area contributed by atoms with Crippen LogP contribution in [0.1, 0.15) is 17.2 Å². The van der Waals surface area contributed by atoms with E-state index in [9.17, 15) is 0 Å². The van der Waals surface area contributed by atoms with Gasteiger partial charge in [-0.3, -0.25) is 9.97 Å². The molecule has 3 nitrogen and oxygen atoms in total. The molecule has 3 aromatic rings. The minimum Gasteiger partial charge on any atom is -0.309 e. The van der Waals surface area contributed by atoms with Gasteiger partial charge in [-0.2, -0.15) is 0 Å². The summed E-state index contributed by atoms with van der Waals surface area (Å²) >= 11 is 0. The van der Waals surface area contributed by atoms with Gasteiger partial charge in [0.1, 0.15) is 0 Å². The Labute approximate surface area is 112 Å². The molecule has 1 atom stereocenters. The molecule has 0 spiro atoms. The van der Waals surface area contributed by atoms with Crippen molar-refractivity contribution in [3.63, 3.8) is 0 Å². The molecule has 0 fully saturated rings. The number of fused-ring (bicyclic) bond motifs is 1. The Balaban J connectivity index is 2.17. The Bertz CT molecular complexity index is 674. The molecule has 0 aliphatic heterocycles. The number of pyridine rings is 2. The first-order valence-electron chi connectivity index (χ1n) is 6.31. The summed E-state index contributed by atoms with van der Waals surface area (Å²) in [5.41, 5.74) is 3.42. The van der Waals surface area contributed by atoms with E-state index >= 15 is 0 Å². The molecule has 94 valence electrons. The quantitative estimate of drug-likeness (QED) is 0.775. The van der Waals surface area contributed by atoms with E-state index in [2.05, 4.69) is 39.6 Å². The molecule has 0 bridgehead atoms. The van der Waals surface area contributed by atoms with Crippen molar-refractivity contribution < 1.29 is 0 Å². The van der Waals surface area contributed by atoms with Gasteiger partial charge in [0.2, 0.25) is 0 Å². The summed E-state index contributed by atoms with van der Waals surface area (Å²) in [7, 11) is 1.97. The number of nitrogens with zero attached hydrogens (tertiary/aromatic N) is 2. The van der Waals surface area contributed by atoms with Crippen LogP contribution in [0.2, 0.25) is 0 Å². The van der Waals surface area contributed by atoms with Crippen molar-refractivity contribution in [3.8, 4) is 0 Å². The molecule has 3 rings (SSSR count). The molecule has 3 heteroatoms. The molecule has 0 saturated heterocycles. The van der Waals surface area contributed by atoms with Crippen LogP contribution in [-0.2, 0) is 0 Å². The molecule has 1 unspecified atom stereocenters. The summed E-state index contributed by atoms with van der Waals surface area (Å²) in [6.07, 6.45) is 5.47. The van der Waals surface area contributed by atoms with Crippen LogP contribution in [-0.4, -0.2) is 17.0 Å². The predicted molar refractivity (Wildman–Crippen MR) is 76.9 cm³/mol. The maximum Gasteiger partial charge on any atom is 0.0753 e. The standard InChI is InChI=1S/C16H15N3/c1-17-15(13-7-10-18-11-8-13)14-6-2-4-12-5-3-9-19-16(12)14/h2-11,15,17H,1H3.